The summed E-state index contributed by atoms with van der Waals surface area (Å²) in [6.45, 7) is 9.77. The molecule has 2 N–H and O–H groups in total. The van der Waals surface area contributed by atoms with Crippen molar-refractivity contribution < 1.29 is 9.59 Å². The van der Waals surface area contributed by atoms with Crippen LogP contribution in [-0.2, 0) is 0 Å². The average molecular weight is 372 g/mol. The minimum atomic E-state index is -0.500. The third-order valence-electron chi connectivity index (χ3n) is 5.25. The number of nitrogens with two attached hydrogens (primary N) is 1. The summed E-state index contributed by atoms with van der Waals surface area (Å²) in [5.41, 5.74) is 11.6. The van der Waals surface area contributed by atoms with Gasteiger partial charge in [0.2, 0.25) is 0 Å². The van der Waals surface area contributed by atoms with Crippen LogP contribution in [0.15, 0.2) is 11.1 Å². The number of primary amides is 1. The third kappa shape index (κ3) is 3.30. The molecule has 138 valence electrons. The highest BCUT2D eigenvalue weighted by Crippen LogP contribution is 2.38. The molecule has 0 aliphatic heterocycles. The number of carbonyl (C=O) groups excluding carboxylic acids is 2. The van der Waals surface area contributed by atoms with E-state index < -0.39 is 5.91 Å². The van der Waals surface area contributed by atoms with Gasteiger partial charge in [0.05, 0.1) is 11.3 Å². The Labute approximate surface area is 158 Å². The van der Waals surface area contributed by atoms with Crippen LogP contribution >= 0.6 is 11.8 Å². The van der Waals surface area contributed by atoms with Gasteiger partial charge in [-0.25, -0.2) is 4.98 Å². The van der Waals surface area contributed by atoms with Gasteiger partial charge in [-0.2, -0.15) is 0 Å². The monoisotopic (exact) mass is 371 g/mol. The van der Waals surface area contributed by atoms with Gasteiger partial charge in [0.15, 0.2) is 5.78 Å². The molecule has 0 saturated heterocycles. The first kappa shape index (κ1) is 18.7. The number of rotatable bonds is 6. The molecule has 0 radical (unpaired) electrons. The molecule has 1 aliphatic carbocycles. The Morgan fingerprint density at radius 2 is 1.85 bits per heavy atom. The lowest BCUT2D eigenvalue weighted by molar-refractivity contribution is 0.0991. The Morgan fingerprint density at radius 3 is 2.42 bits per heavy atom. The van der Waals surface area contributed by atoms with Crippen molar-refractivity contribution in [2.24, 2.45) is 5.73 Å². The lowest BCUT2D eigenvalue weighted by Gasteiger charge is -2.13. The Morgan fingerprint density at radius 1 is 1.19 bits per heavy atom. The molecular weight excluding hydrogens is 346 g/mol. The molecule has 0 atom stereocenters. The van der Waals surface area contributed by atoms with Crippen LogP contribution in [0.5, 0.6) is 0 Å². The first-order valence-corrected chi connectivity index (χ1v) is 9.83. The van der Waals surface area contributed by atoms with E-state index in [9.17, 15) is 9.59 Å². The first-order valence-electron chi connectivity index (χ1n) is 8.84. The summed E-state index contributed by atoms with van der Waals surface area (Å²) < 4.78 is 2.27. The van der Waals surface area contributed by atoms with E-state index in [2.05, 4.69) is 16.5 Å². The van der Waals surface area contributed by atoms with Gasteiger partial charge in [-0.15, -0.1) is 0 Å². The maximum atomic E-state index is 12.8. The summed E-state index contributed by atoms with van der Waals surface area (Å²) in [4.78, 5) is 29.2. The van der Waals surface area contributed by atoms with Gasteiger partial charge in [0, 0.05) is 28.7 Å². The Bertz CT molecular complexity index is 911. The maximum absolute atomic E-state index is 12.8. The van der Waals surface area contributed by atoms with Crippen LogP contribution < -0.4 is 5.73 Å². The molecule has 6 heteroatoms. The molecule has 1 fully saturated rings. The molecule has 1 amide bonds. The van der Waals surface area contributed by atoms with Gasteiger partial charge in [0.1, 0.15) is 5.03 Å². The van der Waals surface area contributed by atoms with Crippen LogP contribution in [0.25, 0.3) is 0 Å². The first-order chi connectivity index (χ1) is 12.2. The quantitative estimate of drug-likeness (QED) is 0.618. The summed E-state index contributed by atoms with van der Waals surface area (Å²) in [7, 11) is 0. The zero-order valence-electron chi connectivity index (χ0n) is 16.0. The number of hydrogen-bond acceptors (Lipinski definition) is 4. The van der Waals surface area contributed by atoms with Crippen molar-refractivity contribution in [1.82, 2.24) is 9.55 Å². The average Bonchev–Trinajstić information content (AvgIpc) is 3.35. The number of ketones is 1. The van der Waals surface area contributed by atoms with Crippen molar-refractivity contribution in [2.45, 2.75) is 58.5 Å². The zero-order chi connectivity index (χ0) is 19.2. The molecule has 2 heterocycles. The van der Waals surface area contributed by atoms with E-state index in [-0.39, 0.29) is 11.5 Å². The molecule has 0 bridgehead atoms. The Hall–Kier alpha value is -2.08. The van der Waals surface area contributed by atoms with Crippen molar-refractivity contribution >= 4 is 23.5 Å². The second-order valence-electron chi connectivity index (χ2n) is 7.09. The fourth-order valence-electron chi connectivity index (χ4n) is 3.47. The predicted molar refractivity (Wildman–Crippen MR) is 104 cm³/mol. The summed E-state index contributed by atoms with van der Waals surface area (Å²) >= 11 is 1.29. The fraction of sp³-hybridized carbons (Fsp3) is 0.450. The minimum absolute atomic E-state index is 0.0584. The predicted octanol–water partition coefficient (Wildman–Crippen LogP) is 3.83. The van der Waals surface area contributed by atoms with E-state index in [1.165, 1.54) is 24.6 Å². The number of carbonyl (C=O) groups is 2. The van der Waals surface area contributed by atoms with Crippen LogP contribution in [0.2, 0.25) is 0 Å². The minimum Gasteiger partial charge on any atom is -0.366 e. The van der Waals surface area contributed by atoms with E-state index in [0.29, 0.717) is 16.6 Å². The molecule has 26 heavy (non-hydrogen) atoms. The highest BCUT2D eigenvalue weighted by molar-refractivity contribution is 8.00. The lowest BCUT2D eigenvalue weighted by Crippen LogP contribution is -2.17. The molecule has 0 spiro atoms. The summed E-state index contributed by atoms with van der Waals surface area (Å²) in [5.74, 6) is -0.201. The Balaban J connectivity index is 1.85. The molecule has 0 unspecified atom stereocenters. The standard InChI is InChI=1S/C20H25N3O2S/c1-10-8-16(14(5)23(10)15-6-7-15)17(24)9-26-20-18(19(21)25)12(3)11(2)13(4)22-20/h8,15H,6-7,9H2,1-5H3,(H2,21,25). The van der Waals surface area contributed by atoms with Gasteiger partial charge in [0.25, 0.3) is 5.91 Å². The summed E-state index contributed by atoms with van der Waals surface area (Å²) in [5, 5.41) is 0.544. The highest BCUT2D eigenvalue weighted by Gasteiger charge is 2.28. The van der Waals surface area contributed by atoms with Gasteiger partial charge in [-0.1, -0.05) is 11.8 Å². The van der Waals surface area contributed by atoms with Crippen molar-refractivity contribution in [3.05, 3.63) is 45.4 Å². The van der Waals surface area contributed by atoms with Crippen molar-refractivity contribution in [3.8, 4) is 0 Å². The van der Waals surface area contributed by atoms with Gasteiger partial charge >= 0.3 is 0 Å². The number of amides is 1. The third-order valence-corrected chi connectivity index (χ3v) is 6.22. The smallest absolute Gasteiger partial charge is 0.251 e. The molecular formula is C20H25N3O2S. The second kappa shape index (κ2) is 6.91. The van der Waals surface area contributed by atoms with Crippen molar-refractivity contribution in [1.29, 1.82) is 0 Å². The summed E-state index contributed by atoms with van der Waals surface area (Å²) in [6, 6.07) is 2.53. The van der Waals surface area contributed by atoms with Crippen LogP contribution in [-0.4, -0.2) is 27.0 Å². The molecule has 2 aromatic rings. The zero-order valence-corrected chi connectivity index (χ0v) is 16.8. The van der Waals surface area contributed by atoms with E-state index in [0.717, 1.165) is 33.8 Å². The number of hydrogen-bond donors (Lipinski definition) is 1. The van der Waals surface area contributed by atoms with Crippen LogP contribution in [0, 0.1) is 34.6 Å². The molecule has 3 rings (SSSR count). The number of nitrogens with zero attached hydrogens (tertiary/aromatic N) is 2. The largest absolute Gasteiger partial charge is 0.366 e. The SMILES string of the molecule is Cc1nc(SCC(=O)c2cc(C)n(C3CC3)c2C)c(C(N)=O)c(C)c1C. The second-order valence-corrected chi connectivity index (χ2v) is 8.05. The highest BCUT2D eigenvalue weighted by atomic mass is 32.2. The van der Waals surface area contributed by atoms with E-state index in [1.807, 2.05) is 33.8 Å². The van der Waals surface area contributed by atoms with E-state index >= 15 is 0 Å². The van der Waals surface area contributed by atoms with Crippen molar-refractivity contribution in [2.75, 3.05) is 5.75 Å². The molecule has 5 nitrogen and oxygen atoms in total. The molecule has 0 aromatic carbocycles. The molecule has 1 aliphatic rings. The van der Waals surface area contributed by atoms with Gasteiger partial charge < -0.3 is 10.3 Å². The van der Waals surface area contributed by atoms with E-state index in [4.69, 9.17) is 5.73 Å². The number of aromatic nitrogens is 2. The number of pyridine rings is 1. The molecule has 2 aromatic heterocycles. The van der Waals surface area contributed by atoms with E-state index in [1.54, 1.807) is 0 Å². The summed E-state index contributed by atoms with van der Waals surface area (Å²) in [6.07, 6.45) is 2.37. The lowest BCUT2D eigenvalue weighted by atomic mass is 10.0. The fourth-order valence-corrected chi connectivity index (χ4v) is 4.49. The Kier molecular flexibility index (Phi) is 4.97. The maximum Gasteiger partial charge on any atom is 0.251 e. The molecule has 1 saturated carbocycles. The van der Waals surface area contributed by atoms with Crippen LogP contribution in [0.3, 0.4) is 0 Å². The topological polar surface area (TPSA) is 78.0 Å². The number of Topliss-reactive ketones (excluding diaryl/α,β-unsaturated/α-hetero) is 1. The van der Waals surface area contributed by atoms with Crippen LogP contribution in [0.4, 0.5) is 0 Å². The normalized spacial score (nSPS) is 13.9. The number of thioether (sulfide) groups is 1. The number of aryl methyl sites for hydroxylation is 2. The van der Waals surface area contributed by atoms with Gasteiger partial charge in [-0.05, 0) is 64.7 Å². The van der Waals surface area contributed by atoms with Gasteiger partial charge in [-0.3, -0.25) is 9.59 Å². The van der Waals surface area contributed by atoms with Crippen LogP contribution in [0.1, 0.15) is 67.8 Å². The van der Waals surface area contributed by atoms with Crippen molar-refractivity contribution in [3.63, 3.8) is 0 Å².